The number of ketones is 1. The summed E-state index contributed by atoms with van der Waals surface area (Å²) in [5.74, 6) is 1.09. The van der Waals surface area contributed by atoms with E-state index in [0.29, 0.717) is 36.9 Å². The van der Waals surface area contributed by atoms with Gasteiger partial charge in [-0.25, -0.2) is 0 Å². The maximum Gasteiger partial charge on any atom is 0.137 e. The normalized spacial score (nSPS) is 48.0. The molecule has 4 heteroatoms. The number of carbonyl (C=O) groups is 1. The molecule has 34 heavy (non-hydrogen) atoms. The minimum Gasteiger partial charge on any atom is -0.393 e. The Labute approximate surface area is 208 Å². The van der Waals surface area contributed by atoms with Crippen molar-refractivity contribution < 1.29 is 20.1 Å². The molecule has 4 saturated carbocycles. The molecule has 9 atom stereocenters. The highest BCUT2D eigenvalue weighted by Crippen LogP contribution is 2.75. The molecule has 4 fully saturated rings. The maximum absolute atomic E-state index is 14.0. The van der Waals surface area contributed by atoms with Gasteiger partial charge in [-0.1, -0.05) is 34.6 Å². The van der Waals surface area contributed by atoms with Crippen molar-refractivity contribution in [3.05, 3.63) is 0 Å². The summed E-state index contributed by atoms with van der Waals surface area (Å²) in [6.45, 7) is 17.4. The molecule has 0 amide bonds. The molecule has 0 radical (unpaired) electrons. The highest BCUT2D eigenvalue weighted by molar-refractivity contribution is 5.84. The summed E-state index contributed by atoms with van der Waals surface area (Å²) in [5, 5.41) is 32.6. The second-order valence-corrected chi connectivity index (χ2v) is 15.2. The quantitative estimate of drug-likeness (QED) is 0.461. The van der Waals surface area contributed by atoms with Gasteiger partial charge >= 0.3 is 0 Å². The van der Waals surface area contributed by atoms with Crippen molar-refractivity contribution >= 4 is 5.78 Å². The van der Waals surface area contributed by atoms with Gasteiger partial charge in [0, 0.05) is 12.3 Å². The summed E-state index contributed by atoms with van der Waals surface area (Å²) in [6.07, 6.45) is 8.43. The van der Waals surface area contributed by atoms with E-state index in [1.807, 2.05) is 20.8 Å². The molecule has 196 valence electrons. The van der Waals surface area contributed by atoms with E-state index in [1.165, 1.54) is 0 Å². The monoisotopic (exact) mass is 476 g/mol. The van der Waals surface area contributed by atoms with Crippen molar-refractivity contribution in [3.63, 3.8) is 0 Å². The fourth-order valence-electron chi connectivity index (χ4n) is 10.2. The van der Waals surface area contributed by atoms with Crippen LogP contribution in [0.4, 0.5) is 0 Å². The van der Waals surface area contributed by atoms with Crippen molar-refractivity contribution in [2.24, 2.45) is 45.3 Å². The van der Waals surface area contributed by atoms with Crippen molar-refractivity contribution in [3.8, 4) is 0 Å². The van der Waals surface area contributed by atoms with Crippen LogP contribution in [0.1, 0.15) is 120 Å². The van der Waals surface area contributed by atoms with Gasteiger partial charge in [-0.3, -0.25) is 4.79 Å². The average molecular weight is 477 g/mol. The van der Waals surface area contributed by atoms with Gasteiger partial charge in [-0.05, 0) is 118 Å². The Kier molecular flexibility index (Phi) is 6.28. The zero-order valence-electron chi connectivity index (χ0n) is 23.2. The van der Waals surface area contributed by atoms with E-state index in [0.717, 1.165) is 44.9 Å². The van der Waals surface area contributed by atoms with Crippen LogP contribution in [0.15, 0.2) is 0 Å². The largest absolute Gasteiger partial charge is 0.393 e. The number of aliphatic hydroxyl groups excluding tert-OH is 1. The van der Waals surface area contributed by atoms with Crippen LogP contribution < -0.4 is 0 Å². The lowest BCUT2D eigenvalue weighted by atomic mass is 9.35. The Morgan fingerprint density at radius 3 is 2.09 bits per heavy atom. The van der Waals surface area contributed by atoms with Gasteiger partial charge in [0.2, 0.25) is 0 Å². The number of aliphatic hydroxyl groups is 3. The van der Waals surface area contributed by atoms with E-state index >= 15 is 0 Å². The molecule has 4 rings (SSSR count). The number of carbonyl (C=O) groups excluding carboxylic acids is 1. The Bertz CT molecular complexity index is 809. The van der Waals surface area contributed by atoms with E-state index in [1.54, 1.807) is 0 Å². The van der Waals surface area contributed by atoms with E-state index in [9.17, 15) is 20.1 Å². The Hall–Kier alpha value is -0.450. The lowest BCUT2D eigenvalue weighted by Crippen LogP contribution is -2.65. The van der Waals surface area contributed by atoms with Crippen LogP contribution in [-0.4, -0.2) is 38.4 Å². The van der Waals surface area contributed by atoms with Crippen LogP contribution >= 0.6 is 0 Å². The van der Waals surface area contributed by atoms with Crippen LogP contribution in [0.5, 0.6) is 0 Å². The molecule has 0 aromatic carbocycles. The van der Waals surface area contributed by atoms with Crippen molar-refractivity contribution in [1.29, 1.82) is 0 Å². The fraction of sp³-hybridized carbons (Fsp3) is 0.967. The van der Waals surface area contributed by atoms with Gasteiger partial charge in [-0.2, -0.15) is 0 Å². The lowest BCUT2D eigenvalue weighted by Gasteiger charge is -2.69. The van der Waals surface area contributed by atoms with Gasteiger partial charge in [0.1, 0.15) is 5.78 Å². The highest BCUT2D eigenvalue weighted by atomic mass is 16.3. The molecular formula is C30H52O4. The van der Waals surface area contributed by atoms with Crippen LogP contribution in [0, 0.1) is 45.3 Å². The first-order valence-electron chi connectivity index (χ1n) is 14.1. The van der Waals surface area contributed by atoms with Gasteiger partial charge in [0.25, 0.3) is 0 Å². The summed E-state index contributed by atoms with van der Waals surface area (Å²) in [5.41, 5.74) is -1.66. The smallest absolute Gasteiger partial charge is 0.137 e. The van der Waals surface area contributed by atoms with Crippen molar-refractivity contribution in [2.75, 3.05) is 0 Å². The first-order chi connectivity index (χ1) is 15.4. The molecular weight excluding hydrogens is 424 g/mol. The minimum atomic E-state index is -0.884. The molecule has 0 bridgehead atoms. The average Bonchev–Trinajstić information content (AvgIpc) is 3.07. The zero-order chi connectivity index (χ0) is 25.5. The van der Waals surface area contributed by atoms with E-state index in [2.05, 4.69) is 34.6 Å². The van der Waals surface area contributed by atoms with Gasteiger partial charge in [0.05, 0.1) is 17.3 Å². The Balaban J connectivity index is 1.63. The second kappa shape index (κ2) is 8.02. The fourth-order valence-corrected chi connectivity index (χ4v) is 10.2. The first kappa shape index (κ1) is 26.6. The molecule has 0 aliphatic heterocycles. The van der Waals surface area contributed by atoms with Gasteiger partial charge < -0.3 is 15.3 Å². The summed E-state index contributed by atoms with van der Waals surface area (Å²) in [4.78, 5) is 14.0. The number of rotatable bonds is 5. The number of hydrogen-bond donors (Lipinski definition) is 3. The number of fused-ring (bicyclic) bond motifs is 5. The second-order valence-electron chi connectivity index (χ2n) is 15.2. The molecule has 0 spiro atoms. The Morgan fingerprint density at radius 2 is 1.47 bits per heavy atom. The van der Waals surface area contributed by atoms with Crippen LogP contribution in [0.2, 0.25) is 0 Å². The lowest BCUT2D eigenvalue weighted by molar-refractivity contribution is -0.221. The number of hydrogen-bond acceptors (Lipinski definition) is 4. The minimum absolute atomic E-state index is 0.000251. The molecule has 0 unspecified atom stereocenters. The standard InChI is InChI=1S/C30H52O4/c1-25(2,33)13-9-14-30(8,34)19-10-16-29(7)24(19)20(31)18-22-27(5)15-12-23(32)26(3,4)21(27)11-17-28(22,29)6/h19,21-24,32-34H,9-18H2,1-8H3/t19-,21-,22+,23-,24-,27-,28+,29+,30+/m0/s1. The van der Waals surface area contributed by atoms with Crippen LogP contribution in [-0.2, 0) is 4.79 Å². The molecule has 0 aromatic heterocycles. The highest BCUT2D eigenvalue weighted by Gasteiger charge is 2.71. The summed E-state index contributed by atoms with van der Waals surface area (Å²) in [7, 11) is 0. The summed E-state index contributed by atoms with van der Waals surface area (Å²) >= 11 is 0. The molecule has 0 aromatic rings. The van der Waals surface area contributed by atoms with E-state index in [-0.39, 0.29) is 39.6 Å². The van der Waals surface area contributed by atoms with Crippen LogP contribution in [0.3, 0.4) is 0 Å². The third-order valence-corrected chi connectivity index (χ3v) is 12.4. The topological polar surface area (TPSA) is 77.8 Å². The molecule has 0 heterocycles. The number of Topliss-reactive ketones (excluding diaryl/α,β-unsaturated/α-hetero) is 1. The third kappa shape index (κ3) is 3.76. The van der Waals surface area contributed by atoms with Crippen molar-refractivity contribution in [1.82, 2.24) is 0 Å². The maximum atomic E-state index is 14.0. The van der Waals surface area contributed by atoms with Crippen molar-refractivity contribution in [2.45, 2.75) is 137 Å². The predicted octanol–water partition coefficient (Wildman–Crippen LogP) is 5.90. The van der Waals surface area contributed by atoms with Crippen LogP contribution in [0.25, 0.3) is 0 Å². The molecule has 4 aliphatic carbocycles. The van der Waals surface area contributed by atoms with Gasteiger partial charge in [0.15, 0.2) is 0 Å². The third-order valence-electron chi connectivity index (χ3n) is 12.4. The molecule has 4 nitrogen and oxygen atoms in total. The molecule has 4 aliphatic rings. The van der Waals surface area contributed by atoms with E-state index in [4.69, 9.17) is 0 Å². The van der Waals surface area contributed by atoms with Gasteiger partial charge in [-0.15, -0.1) is 0 Å². The molecule has 3 N–H and O–H groups in total. The first-order valence-corrected chi connectivity index (χ1v) is 14.1. The SMILES string of the molecule is CC(C)(O)CCC[C@@](C)(O)[C@H]1CC[C@]2(C)[C@@H]1C(=O)C[C@@H]1[C@@]3(C)CC[C@H](O)C(C)(C)[C@@H]3CC[C@]12C. The van der Waals surface area contributed by atoms with E-state index < -0.39 is 11.2 Å². The Morgan fingerprint density at radius 1 is 0.853 bits per heavy atom. The molecule has 0 saturated heterocycles. The summed E-state index contributed by atoms with van der Waals surface area (Å²) < 4.78 is 0. The predicted molar refractivity (Wildman–Crippen MR) is 136 cm³/mol. The zero-order valence-corrected chi connectivity index (χ0v) is 23.2. The summed E-state index contributed by atoms with van der Waals surface area (Å²) in [6, 6.07) is 0.